The van der Waals surface area contributed by atoms with Crippen molar-refractivity contribution < 1.29 is 20.1 Å². The fourth-order valence-corrected chi connectivity index (χ4v) is 6.52. The van der Waals surface area contributed by atoms with Gasteiger partial charge in [-0.25, -0.2) is 0 Å². The number of hydrogen-bond donors (Lipinski definition) is 3. The van der Waals surface area contributed by atoms with Gasteiger partial charge in [0, 0.05) is 11.8 Å². The molecule has 0 bridgehead atoms. The van der Waals surface area contributed by atoms with Gasteiger partial charge in [-0.05, 0) is 55.3 Å². The Hall–Kier alpha value is -0.710. The number of aliphatic hydroxyl groups excluding tert-OH is 3. The fourth-order valence-electron chi connectivity index (χ4n) is 6.52. The SMILES string of the molecule is C[C@]12CC[C@H](O)CC1=C[C@@H](O)[C@@H]1[C@@H]2[C@H](O)C[C@]2(C)C(=O)CC[C@@H]12. The molecule has 0 aromatic heterocycles. The van der Waals surface area contributed by atoms with E-state index >= 15 is 0 Å². The second-order valence-corrected chi connectivity index (χ2v) is 8.86. The highest BCUT2D eigenvalue weighted by atomic mass is 16.3. The van der Waals surface area contributed by atoms with Crippen LogP contribution in [0.5, 0.6) is 0 Å². The molecule has 3 saturated carbocycles. The van der Waals surface area contributed by atoms with Crippen molar-refractivity contribution in [2.45, 2.75) is 70.7 Å². The smallest absolute Gasteiger partial charge is 0.139 e. The van der Waals surface area contributed by atoms with E-state index < -0.39 is 17.6 Å². The summed E-state index contributed by atoms with van der Waals surface area (Å²) in [7, 11) is 0. The highest BCUT2D eigenvalue weighted by Crippen LogP contribution is 2.63. The van der Waals surface area contributed by atoms with Gasteiger partial charge in [0.15, 0.2) is 0 Å². The van der Waals surface area contributed by atoms with Crippen LogP contribution in [0.2, 0.25) is 0 Å². The Bertz CT molecular complexity index is 570. The van der Waals surface area contributed by atoms with Crippen LogP contribution in [-0.4, -0.2) is 39.4 Å². The van der Waals surface area contributed by atoms with E-state index in [9.17, 15) is 20.1 Å². The molecule has 0 aromatic rings. The number of rotatable bonds is 0. The average Bonchev–Trinajstić information content (AvgIpc) is 2.76. The minimum Gasteiger partial charge on any atom is -0.393 e. The van der Waals surface area contributed by atoms with Crippen molar-refractivity contribution in [3.63, 3.8) is 0 Å². The molecule has 3 N–H and O–H groups in total. The Morgan fingerprint density at radius 3 is 2.61 bits per heavy atom. The first-order valence-electron chi connectivity index (χ1n) is 9.06. The van der Waals surface area contributed by atoms with Crippen LogP contribution in [0.1, 0.15) is 52.4 Å². The average molecular weight is 320 g/mol. The number of hydrogen-bond acceptors (Lipinski definition) is 4. The van der Waals surface area contributed by atoms with E-state index in [1.54, 1.807) is 0 Å². The molecule has 4 rings (SSSR count). The lowest BCUT2D eigenvalue weighted by molar-refractivity contribution is -0.157. The van der Waals surface area contributed by atoms with Crippen LogP contribution in [0.25, 0.3) is 0 Å². The number of ketones is 1. The number of fused-ring (bicyclic) bond motifs is 5. The second kappa shape index (κ2) is 4.90. The van der Waals surface area contributed by atoms with Crippen LogP contribution in [0.4, 0.5) is 0 Å². The van der Waals surface area contributed by atoms with Crippen LogP contribution in [-0.2, 0) is 4.79 Å². The Labute approximate surface area is 137 Å². The molecule has 23 heavy (non-hydrogen) atoms. The molecule has 4 aliphatic carbocycles. The van der Waals surface area contributed by atoms with Gasteiger partial charge >= 0.3 is 0 Å². The van der Waals surface area contributed by atoms with E-state index in [0.29, 0.717) is 19.3 Å². The van der Waals surface area contributed by atoms with Crippen molar-refractivity contribution in [3.05, 3.63) is 11.6 Å². The second-order valence-electron chi connectivity index (χ2n) is 8.86. The van der Waals surface area contributed by atoms with E-state index in [0.717, 1.165) is 24.8 Å². The van der Waals surface area contributed by atoms with Crippen molar-refractivity contribution >= 4 is 5.78 Å². The normalized spacial score (nSPS) is 55.7. The zero-order valence-electron chi connectivity index (χ0n) is 14.0. The summed E-state index contributed by atoms with van der Waals surface area (Å²) in [5.74, 6) is 0.374. The molecule has 4 aliphatic rings. The van der Waals surface area contributed by atoms with Crippen LogP contribution in [0.3, 0.4) is 0 Å². The summed E-state index contributed by atoms with van der Waals surface area (Å²) in [4.78, 5) is 12.4. The van der Waals surface area contributed by atoms with Gasteiger partial charge < -0.3 is 15.3 Å². The van der Waals surface area contributed by atoms with Gasteiger partial charge in [0.25, 0.3) is 0 Å². The van der Waals surface area contributed by atoms with E-state index in [4.69, 9.17) is 0 Å². The molecular weight excluding hydrogens is 292 g/mol. The lowest BCUT2D eigenvalue weighted by Gasteiger charge is -2.59. The van der Waals surface area contributed by atoms with Crippen molar-refractivity contribution in [1.82, 2.24) is 0 Å². The standard InChI is InChI=1S/C19H28O4/c1-18-6-5-11(20)7-10(18)8-13(21)16-12-3-4-15(23)19(12,2)9-14(22)17(16)18/h8,11-14,16-17,20-22H,3-7,9H2,1-2H3/t11-,12-,13+,14+,16+,17-,18-,19-/m0/s1. The molecule has 8 atom stereocenters. The van der Waals surface area contributed by atoms with Crippen molar-refractivity contribution in [2.75, 3.05) is 0 Å². The predicted octanol–water partition coefficient (Wildman–Crippen LogP) is 1.82. The van der Waals surface area contributed by atoms with Gasteiger partial charge in [-0.3, -0.25) is 4.79 Å². The molecule has 0 aliphatic heterocycles. The molecular formula is C19H28O4. The summed E-state index contributed by atoms with van der Waals surface area (Å²) in [5, 5.41) is 31.8. The summed E-state index contributed by atoms with van der Waals surface area (Å²) in [6.45, 7) is 4.18. The van der Waals surface area contributed by atoms with E-state index in [2.05, 4.69) is 6.92 Å². The van der Waals surface area contributed by atoms with Crippen molar-refractivity contribution in [1.29, 1.82) is 0 Å². The minimum absolute atomic E-state index is 0.00558. The Balaban J connectivity index is 1.79. The van der Waals surface area contributed by atoms with Crippen LogP contribution in [0, 0.1) is 28.6 Å². The maximum atomic E-state index is 12.4. The van der Waals surface area contributed by atoms with Crippen LogP contribution in [0.15, 0.2) is 11.6 Å². The highest BCUT2D eigenvalue weighted by molar-refractivity contribution is 5.87. The molecule has 128 valence electrons. The first kappa shape index (κ1) is 15.8. The van der Waals surface area contributed by atoms with E-state index in [1.807, 2.05) is 13.0 Å². The van der Waals surface area contributed by atoms with Gasteiger partial charge in [-0.2, -0.15) is 0 Å². The van der Waals surface area contributed by atoms with Gasteiger partial charge in [0.05, 0.1) is 18.3 Å². The molecule has 3 fully saturated rings. The molecule has 0 aromatic carbocycles. The van der Waals surface area contributed by atoms with Gasteiger partial charge in [-0.1, -0.05) is 25.5 Å². The minimum atomic E-state index is -0.612. The third-order valence-electron chi connectivity index (χ3n) is 7.75. The first-order chi connectivity index (χ1) is 10.8. The largest absolute Gasteiger partial charge is 0.393 e. The molecule has 4 nitrogen and oxygen atoms in total. The fraction of sp³-hybridized carbons (Fsp3) is 0.842. The monoisotopic (exact) mass is 320 g/mol. The Morgan fingerprint density at radius 1 is 1.13 bits per heavy atom. The topological polar surface area (TPSA) is 77.8 Å². The van der Waals surface area contributed by atoms with Crippen LogP contribution >= 0.6 is 0 Å². The van der Waals surface area contributed by atoms with Gasteiger partial charge in [-0.15, -0.1) is 0 Å². The van der Waals surface area contributed by atoms with Crippen LogP contribution < -0.4 is 0 Å². The highest BCUT2D eigenvalue weighted by Gasteiger charge is 2.63. The van der Waals surface area contributed by atoms with Crippen molar-refractivity contribution in [2.24, 2.45) is 28.6 Å². The quantitative estimate of drug-likeness (QED) is 0.595. The zero-order valence-corrected chi connectivity index (χ0v) is 14.0. The lowest BCUT2D eigenvalue weighted by Crippen LogP contribution is -2.59. The van der Waals surface area contributed by atoms with E-state index in [-0.39, 0.29) is 35.1 Å². The maximum absolute atomic E-state index is 12.4. The molecule has 0 saturated heterocycles. The zero-order chi connectivity index (χ0) is 16.6. The number of carbonyl (C=O) groups is 1. The third-order valence-corrected chi connectivity index (χ3v) is 7.75. The van der Waals surface area contributed by atoms with Crippen molar-refractivity contribution in [3.8, 4) is 0 Å². The summed E-state index contributed by atoms with van der Waals surface area (Å²) < 4.78 is 0. The third kappa shape index (κ3) is 1.98. The number of Topliss-reactive ketones (excluding diaryl/α,β-unsaturated/α-hetero) is 1. The molecule has 0 amide bonds. The number of aliphatic hydroxyl groups is 3. The molecule has 0 spiro atoms. The lowest BCUT2D eigenvalue weighted by atomic mass is 9.46. The van der Waals surface area contributed by atoms with Gasteiger partial charge in [0.2, 0.25) is 0 Å². The summed E-state index contributed by atoms with van der Waals surface area (Å²) in [5.41, 5.74) is 0.476. The summed E-state index contributed by atoms with van der Waals surface area (Å²) in [6.07, 6.45) is 4.57. The molecule has 0 radical (unpaired) electrons. The molecule has 0 heterocycles. The van der Waals surface area contributed by atoms with Gasteiger partial charge in [0.1, 0.15) is 5.78 Å². The van der Waals surface area contributed by atoms with E-state index in [1.165, 1.54) is 0 Å². The number of carbonyl (C=O) groups excluding carboxylic acids is 1. The Kier molecular flexibility index (Phi) is 3.37. The predicted molar refractivity (Wildman–Crippen MR) is 85.5 cm³/mol. The molecule has 4 heteroatoms. The Morgan fingerprint density at radius 2 is 1.87 bits per heavy atom. The molecule has 0 unspecified atom stereocenters. The summed E-state index contributed by atoms with van der Waals surface area (Å²) >= 11 is 0. The first-order valence-corrected chi connectivity index (χ1v) is 9.06. The maximum Gasteiger partial charge on any atom is 0.139 e. The summed E-state index contributed by atoms with van der Waals surface area (Å²) in [6, 6.07) is 0.